The minimum atomic E-state index is -1.98. The van der Waals surface area contributed by atoms with Gasteiger partial charge in [0.1, 0.15) is 22.6 Å². The molecule has 1 aliphatic rings. The minimum Gasteiger partial charge on any atom is -0.488 e. The first-order valence-electron chi connectivity index (χ1n) is 14.6. The molecule has 1 aromatic carbocycles. The summed E-state index contributed by atoms with van der Waals surface area (Å²) in [5.41, 5.74) is 0.690. The van der Waals surface area contributed by atoms with Crippen LogP contribution in [0.4, 0.5) is 5.82 Å². The molecule has 232 valence electrons. The molecule has 10 nitrogen and oxygen atoms in total. The molecule has 0 unspecified atom stereocenters. The van der Waals surface area contributed by atoms with Crippen LogP contribution in [0.1, 0.15) is 74.7 Å². The summed E-state index contributed by atoms with van der Waals surface area (Å²) in [5.74, 6) is 0.747. The van der Waals surface area contributed by atoms with E-state index in [4.69, 9.17) is 25.5 Å². The van der Waals surface area contributed by atoms with Crippen LogP contribution < -0.4 is 14.8 Å². The van der Waals surface area contributed by atoms with Crippen LogP contribution in [-0.2, 0) is 4.43 Å². The van der Waals surface area contributed by atoms with Gasteiger partial charge in [0.05, 0.1) is 12.2 Å². The summed E-state index contributed by atoms with van der Waals surface area (Å²) in [6.07, 6.45) is 3.95. The van der Waals surface area contributed by atoms with Gasteiger partial charge in [-0.2, -0.15) is 5.10 Å². The zero-order valence-electron chi connectivity index (χ0n) is 26.2. The molecule has 1 atom stereocenters. The number of anilines is 1. The highest BCUT2D eigenvalue weighted by Gasteiger charge is 2.37. The maximum Gasteiger partial charge on any atom is 0.257 e. The highest BCUT2D eigenvalue weighted by atomic mass is 35.5. The van der Waals surface area contributed by atoms with Crippen molar-refractivity contribution in [2.24, 2.45) is 0 Å². The molecule has 2 aromatic heterocycles. The Hall–Kier alpha value is -3.41. The van der Waals surface area contributed by atoms with Crippen LogP contribution in [0.5, 0.6) is 17.4 Å². The van der Waals surface area contributed by atoms with Gasteiger partial charge in [0, 0.05) is 49.2 Å². The third-order valence-electron chi connectivity index (χ3n) is 7.76. The number of carbonyl (C=O) groups is 2. The lowest BCUT2D eigenvalue weighted by molar-refractivity contribution is 0.0651. The number of ether oxygens (including phenoxy) is 2. The van der Waals surface area contributed by atoms with E-state index in [0.29, 0.717) is 35.1 Å². The SMILES string of the molecule is CC(C)n1ccc(NC(=O)c2cc(Oc3ncc(C(=O)N4CCC4)cc3Cl)cc(O[C@@H](C)CO[Si](C)(C)C(C)(C)C)c2)n1. The normalized spacial score (nSPS) is 14.3. The van der Waals surface area contributed by atoms with Gasteiger partial charge in [0.2, 0.25) is 5.88 Å². The van der Waals surface area contributed by atoms with Crippen molar-refractivity contribution in [2.45, 2.75) is 78.2 Å². The third-order valence-corrected chi connectivity index (χ3v) is 12.5. The van der Waals surface area contributed by atoms with Crippen LogP contribution in [0.3, 0.4) is 0 Å². The number of halogens is 1. The Morgan fingerprint density at radius 1 is 1.07 bits per heavy atom. The number of hydrogen-bond donors (Lipinski definition) is 1. The monoisotopic (exact) mass is 627 g/mol. The number of nitrogens with one attached hydrogen (secondary N) is 1. The summed E-state index contributed by atoms with van der Waals surface area (Å²) in [6.45, 7) is 18.7. The van der Waals surface area contributed by atoms with Crippen LogP contribution in [-0.4, -0.2) is 65.6 Å². The standard InChI is InChI=1S/C31H42ClN5O5Si/c1-20(2)37-13-10-27(35-37)34-28(38)22-14-24(41-21(3)19-40-43(7,8)31(4,5)6)17-25(15-22)42-29-26(32)16-23(18-33-29)30(39)36-11-9-12-36/h10,13-18,20-21H,9,11-12,19H2,1-8H3,(H,34,35,38)/t21-/m0/s1. The van der Waals surface area contributed by atoms with Crippen LogP contribution in [0.2, 0.25) is 23.2 Å². The Labute approximate surface area is 259 Å². The van der Waals surface area contributed by atoms with E-state index in [0.717, 1.165) is 19.5 Å². The van der Waals surface area contributed by atoms with Crippen molar-refractivity contribution in [3.05, 3.63) is 58.9 Å². The smallest absolute Gasteiger partial charge is 0.257 e. The van der Waals surface area contributed by atoms with Crippen LogP contribution in [0.15, 0.2) is 42.7 Å². The first-order valence-corrected chi connectivity index (χ1v) is 17.9. The number of rotatable bonds is 11. The van der Waals surface area contributed by atoms with Gasteiger partial charge in [-0.05, 0) is 63.5 Å². The molecular formula is C31H42ClN5O5Si. The molecule has 0 saturated carbocycles. The molecule has 0 radical (unpaired) electrons. The lowest BCUT2D eigenvalue weighted by Crippen LogP contribution is -2.43. The molecule has 4 rings (SSSR count). The lowest BCUT2D eigenvalue weighted by Gasteiger charge is -2.36. The number of aromatic nitrogens is 3. The third kappa shape index (κ3) is 8.15. The van der Waals surface area contributed by atoms with E-state index >= 15 is 0 Å². The Kier molecular flexibility index (Phi) is 9.88. The van der Waals surface area contributed by atoms with Crippen molar-refractivity contribution in [3.63, 3.8) is 0 Å². The maximum atomic E-state index is 13.3. The predicted octanol–water partition coefficient (Wildman–Crippen LogP) is 7.19. The van der Waals surface area contributed by atoms with Crippen molar-refractivity contribution < 1.29 is 23.5 Å². The van der Waals surface area contributed by atoms with Crippen molar-refractivity contribution >= 4 is 37.6 Å². The average Bonchev–Trinajstić information content (AvgIpc) is 3.36. The minimum absolute atomic E-state index is 0.0654. The summed E-state index contributed by atoms with van der Waals surface area (Å²) in [4.78, 5) is 31.9. The summed E-state index contributed by atoms with van der Waals surface area (Å²) in [6, 6.07) is 8.34. The number of pyridine rings is 1. The fourth-order valence-electron chi connectivity index (χ4n) is 3.95. The number of benzene rings is 1. The number of carbonyl (C=O) groups excluding carboxylic acids is 2. The zero-order valence-corrected chi connectivity index (χ0v) is 28.0. The van der Waals surface area contributed by atoms with E-state index in [-0.39, 0.29) is 39.9 Å². The molecule has 1 fully saturated rings. The molecule has 0 spiro atoms. The second-order valence-electron chi connectivity index (χ2n) is 12.7. The Morgan fingerprint density at radius 2 is 1.77 bits per heavy atom. The number of likely N-dealkylation sites (tertiary alicyclic amines) is 1. The van der Waals surface area contributed by atoms with E-state index in [9.17, 15) is 9.59 Å². The predicted molar refractivity (Wildman–Crippen MR) is 170 cm³/mol. The molecular weight excluding hydrogens is 586 g/mol. The van der Waals surface area contributed by atoms with Gasteiger partial charge in [-0.1, -0.05) is 32.4 Å². The molecule has 0 bridgehead atoms. The van der Waals surface area contributed by atoms with Crippen molar-refractivity contribution in [2.75, 3.05) is 25.0 Å². The van der Waals surface area contributed by atoms with Gasteiger partial charge < -0.3 is 24.1 Å². The second kappa shape index (κ2) is 13.1. The summed E-state index contributed by atoms with van der Waals surface area (Å²) in [5, 5.41) is 7.49. The van der Waals surface area contributed by atoms with Gasteiger partial charge in [-0.25, -0.2) is 4.98 Å². The highest BCUT2D eigenvalue weighted by Crippen LogP contribution is 2.37. The fraction of sp³-hybridized carbons (Fsp3) is 0.484. The molecule has 0 aliphatic carbocycles. The Morgan fingerprint density at radius 3 is 2.35 bits per heavy atom. The summed E-state index contributed by atoms with van der Waals surface area (Å²) >= 11 is 6.48. The van der Waals surface area contributed by atoms with E-state index in [1.807, 2.05) is 27.0 Å². The first-order chi connectivity index (χ1) is 20.1. The van der Waals surface area contributed by atoms with Gasteiger partial charge >= 0.3 is 0 Å². The molecule has 43 heavy (non-hydrogen) atoms. The summed E-state index contributed by atoms with van der Waals surface area (Å²) in [7, 11) is -1.98. The van der Waals surface area contributed by atoms with Gasteiger partial charge in [-0.15, -0.1) is 0 Å². The van der Waals surface area contributed by atoms with Crippen LogP contribution in [0.25, 0.3) is 0 Å². The van der Waals surface area contributed by atoms with E-state index in [1.165, 1.54) is 6.20 Å². The highest BCUT2D eigenvalue weighted by molar-refractivity contribution is 6.74. The van der Waals surface area contributed by atoms with Gasteiger partial charge in [0.25, 0.3) is 11.8 Å². The molecule has 12 heteroatoms. The van der Waals surface area contributed by atoms with Crippen molar-refractivity contribution in [1.29, 1.82) is 0 Å². The molecule has 3 heterocycles. The van der Waals surface area contributed by atoms with Gasteiger partial charge in [-0.3, -0.25) is 14.3 Å². The second-order valence-corrected chi connectivity index (χ2v) is 17.9. The lowest BCUT2D eigenvalue weighted by atomic mass is 10.1. The van der Waals surface area contributed by atoms with Gasteiger partial charge in [0.15, 0.2) is 14.1 Å². The average molecular weight is 628 g/mol. The van der Waals surface area contributed by atoms with Crippen molar-refractivity contribution in [1.82, 2.24) is 19.7 Å². The number of nitrogens with zero attached hydrogens (tertiary/aromatic N) is 4. The molecule has 1 N–H and O–H groups in total. The van der Waals surface area contributed by atoms with E-state index in [2.05, 4.69) is 49.3 Å². The number of amides is 2. The van der Waals surface area contributed by atoms with E-state index < -0.39 is 8.32 Å². The van der Waals surface area contributed by atoms with Crippen molar-refractivity contribution in [3.8, 4) is 17.4 Å². The molecule has 2 amide bonds. The van der Waals surface area contributed by atoms with E-state index in [1.54, 1.807) is 39.9 Å². The largest absolute Gasteiger partial charge is 0.488 e. The topological polar surface area (TPSA) is 108 Å². The number of hydrogen-bond acceptors (Lipinski definition) is 7. The quantitative estimate of drug-likeness (QED) is 0.224. The maximum absolute atomic E-state index is 13.3. The Bertz CT molecular complexity index is 1460. The van der Waals surface area contributed by atoms with Crippen LogP contribution >= 0.6 is 11.6 Å². The molecule has 3 aromatic rings. The first kappa shape index (κ1) is 32.5. The molecule has 1 aliphatic heterocycles. The molecule has 1 saturated heterocycles. The fourth-order valence-corrected chi connectivity index (χ4v) is 5.24. The zero-order chi connectivity index (χ0) is 31.5. The van der Waals surface area contributed by atoms with Crippen LogP contribution in [0, 0.1) is 0 Å². The summed E-state index contributed by atoms with van der Waals surface area (Å²) < 4.78 is 20.4. The Balaban J connectivity index is 1.56.